The van der Waals surface area contributed by atoms with Gasteiger partial charge in [0, 0.05) is 5.56 Å². The van der Waals surface area contributed by atoms with Crippen LogP contribution in [0.15, 0.2) is 22.7 Å². The minimum Gasteiger partial charge on any atom is -0.334 e. The van der Waals surface area contributed by atoms with E-state index in [0.717, 1.165) is 12.1 Å². The zero-order chi connectivity index (χ0) is 10.1. The van der Waals surface area contributed by atoms with Crippen molar-refractivity contribution in [2.75, 3.05) is 0 Å². The molecule has 0 radical (unpaired) electrons. The highest BCUT2D eigenvalue weighted by Gasteiger charge is 2.09. The minimum absolute atomic E-state index is 0.182. The summed E-state index contributed by atoms with van der Waals surface area (Å²) in [5, 5.41) is 3.54. The zero-order valence-corrected chi connectivity index (χ0v) is 7.29. The highest BCUT2D eigenvalue weighted by molar-refractivity contribution is 5.52. The van der Waals surface area contributed by atoms with E-state index in [9.17, 15) is 8.78 Å². The van der Waals surface area contributed by atoms with Gasteiger partial charge in [-0.25, -0.2) is 8.78 Å². The predicted molar refractivity (Wildman–Crippen MR) is 44.4 cm³/mol. The predicted octanol–water partition coefficient (Wildman–Crippen LogP) is 2.32. The van der Waals surface area contributed by atoms with E-state index in [0.29, 0.717) is 11.4 Å². The van der Waals surface area contributed by atoms with Gasteiger partial charge in [-0.3, -0.25) is 0 Å². The fourth-order valence-electron chi connectivity index (χ4n) is 1.04. The van der Waals surface area contributed by atoms with Crippen LogP contribution in [0.3, 0.4) is 0 Å². The molecule has 14 heavy (non-hydrogen) atoms. The van der Waals surface area contributed by atoms with E-state index in [-0.39, 0.29) is 5.89 Å². The first kappa shape index (κ1) is 8.80. The van der Waals surface area contributed by atoms with Crippen molar-refractivity contribution in [1.82, 2.24) is 10.1 Å². The lowest BCUT2D eigenvalue weighted by molar-refractivity contribution is 0.425. The van der Waals surface area contributed by atoms with Crippen LogP contribution in [0.2, 0.25) is 0 Å². The van der Waals surface area contributed by atoms with E-state index >= 15 is 0 Å². The van der Waals surface area contributed by atoms with Gasteiger partial charge in [0.1, 0.15) is 0 Å². The second-order valence-corrected chi connectivity index (χ2v) is 2.78. The van der Waals surface area contributed by atoms with Crippen molar-refractivity contribution < 1.29 is 13.3 Å². The molecule has 2 aromatic rings. The van der Waals surface area contributed by atoms with Crippen molar-refractivity contribution in [3.8, 4) is 11.5 Å². The van der Waals surface area contributed by atoms with Gasteiger partial charge in [0.2, 0.25) is 0 Å². The molecular formula is C9H6F2N2O. The fourth-order valence-corrected chi connectivity index (χ4v) is 1.04. The standard InChI is InChI=1S/C9H6F2N2O/c1-5-12-9(14-13-5)6-2-3-7(10)8(11)4-6/h2-4H,1H3. The third-order valence-corrected chi connectivity index (χ3v) is 1.69. The van der Waals surface area contributed by atoms with Gasteiger partial charge in [0.15, 0.2) is 17.5 Å². The summed E-state index contributed by atoms with van der Waals surface area (Å²) in [5.74, 6) is -1.20. The molecule has 0 saturated heterocycles. The molecular weight excluding hydrogens is 190 g/mol. The van der Waals surface area contributed by atoms with Gasteiger partial charge in [-0.05, 0) is 25.1 Å². The molecule has 0 amide bonds. The van der Waals surface area contributed by atoms with E-state index in [1.165, 1.54) is 6.07 Å². The van der Waals surface area contributed by atoms with Gasteiger partial charge < -0.3 is 4.52 Å². The molecule has 0 N–H and O–H groups in total. The van der Waals surface area contributed by atoms with Crippen LogP contribution >= 0.6 is 0 Å². The topological polar surface area (TPSA) is 38.9 Å². The van der Waals surface area contributed by atoms with Crippen LogP contribution in [-0.2, 0) is 0 Å². The summed E-state index contributed by atoms with van der Waals surface area (Å²) in [6.07, 6.45) is 0. The highest BCUT2D eigenvalue weighted by Crippen LogP contribution is 2.19. The summed E-state index contributed by atoms with van der Waals surface area (Å²) < 4.78 is 30.2. The van der Waals surface area contributed by atoms with Gasteiger partial charge in [-0.1, -0.05) is 5.16 Å². The highest BCUT2D eigenvalue weighted by atomic mass is 19.2. The van der Waals surface area contributed by atoms with Gasteiger partial charge in [0.05, 0.1) is 0 Å². The molecule has 0 saturated carbocycles. The first-order valence-electron chi connectivity index (χ1n) is 3.92. The number of halogens is 2. The second-order valence-electron chi connectivity index (χ2n) is 2.78. The van der Waals surface area contributed by atoms with Crippen molar-refractivity contribution in [2.45, 2.75) is 6.92 Å². The molecule has 0 spiro atoms. The maximum atomic E-state index is 12.8. The third kappa shape index (κ3) is 1.48. The smallest absolute Gasteiger partial charge is 0.258 e. The fraction of sp³-hybridized carbons (Fsp3) is 0.111. The van der Waals surface area contributed by atoms with Crippen LogP contribution in [0, 0.1) is 18.6 Å². The molecule has 0 aliphatic heterocycles. The lowest BCUT2D eigenvalue weighted by atomic mass is 10.2. The molecule has 0 aliphatic carbocycles. The van der Waals surface area contributed by atoms with Crippen LogP contribution in [0.25, 0.3) is 11.5 Å². The molecule has 0 fully saturated rings. The monoisotopic (exact) mass is 196 g/mol. The number of hydrogen-bond acceptors (Lipinski definition) is 3. The van der Waals surface area contributed by atoms with Crippen molar-refractivity contribution in [3.05, 3.63) is 35.7 Å². The molecule has 72 valence electrons. The molecule has 0 aliphatic rings. The molecule has 3 nitrogen and oxygen atoms in total. The Morgan fingerprint density at radius 2 is 2.00 bits per heavy atom. The first-order chi connectivity index (χ1) is 6.66. The number of rotatable bonds is 1. The zero-order valence-electron chi connectivity index (χ0n) is 7.29. The average molecular weight is 196 g/mol. The Morgan fingerprint density at radius 1 is 1.21 bits per heavy atom. The summed E-state index contributed by atoms with van der Waals surface area (Å²) in [6, 6.07) is 3.41. The summed E-state index contributed by atoms with van der Waals surface area (Å²) in [7, 11) is 0. The Balaban J connectivity index is 2.47. The van der Waals surface area contributed by atoms with Crippen LogP contribution in [0.4, 0.5) is 8.78 Å². The molecule has 2 rings (SSSR count). The number of hydrogen-bond donors (Lipinski definition) is 0. The summed E-state index contributed by atoms with van der Waals surface area (Å²) in [5.41, 5.74) is 0.365. The molecule has 1 heterocycles. The molecule has 0 unspecified atom stereocenters. The number of nitrogens with zero attached hydrogens (tertiary/aromatic N) is 2. The lowest BCUT2D eigenvalue weighted by Gasteiger charge is -1.94. The largest absolute Gasteiger partial charge is 0.334 e. The van der Waals surface area contributed by atoms with Gasteiger partial charge >= 0.3 is 0 Å². The molecule has 1 aromatic carbocycles. The SMILES string of the molecule is Cc1noc(-c2ccc(F)c(F)c2)n1. The molecule has 1 aromatic heterocycles. The Hall–Kier alpha value is -1.78. The van der Waals surface area contributed by atoms with E-state index in [1.807, 2.05) is 0 Å². The van der Waals surface area contributed by atoms with Crippen LogP contribution in [0.5, 0.6) is 0 Å². The average Bonchev–Trinajstić information content (AvgIpc) is 2.57. The molecule has 0 atom stereocenters. The Kier molecular flexibility index (Phi) is 1.99. The Bertz CT molecular complexity index is 468. The summed E-state index contributed by atoms with van der Waals surface area (Å²) in [6.45, 7) is 1.65. The first-order valence-corrected chi connectivity index (χ1v) is 3.92. The van der Waals surface area contributed by atoms with E-state index in [1.54, 1.807) is 6.92 Å². The van der Waals surface area contributed by atoms with E-state index in [2.05, 4.69) is 10.1 Å². The molecule has 0 bridgehead atoms. The lowest BCUT2D eigenvalue weighted by Crippen LogP contribution is -1.85. The van der Waals surface area contributed by atoms with Crippen LogP contribution in [0.1, 0.15) is 5.82 Å². The van der Waals surface area contributed by atoms with E-state index in [4.69, 9.17) is 4.52 Å². The normalized spacial score (nSPS) is 10.5. The Morgan fingerprint density at radius 3 is 2.57 bits per heavy atom. The van der Waals surface area contributed by atoms with Gasteiger partial charge in [-0.2, -0.15) is 4.98 Å². The second kappa shape index (κ2) is 3.17. The summed E-state index contributed by atoms with van der Waals surface area (Å²) >= 11 is 0. The van der Waals surface area contributed by atoms with Crippen LogP contribution < -0.4 is 0 Å². The maximum absolute atomic E-state index is 12.8. The summed E-state index contributed by atoms with van der Waals surface area (Å²) in [4.78, 5) is 3.88. The van der Waals surface area contributed by atoms with Crippen molar-refractivity contribution in [2.24, 2.45) is 0 Å². The van der Waals surface area contributed by atoms with Gasteiger partial charge in [-0.15, -0.1) is 0 Å². The van der Waals surface area contributed by atoms with Crippen molar-refractivity contribution in [3.63, 3.8) is 0 Å². The number of aromatic nitrogens is 2. The Labute approximate surface area is 78.4 Å². The number of aryl methyl sites for hydroxylation is 1. The van der Waals surface area contributed by atoms with Crippen LogP contribution in [-0.4, -0.2) is 10.1 Å². The minimum atomic E-state index is -0.932. The van der Waals surface area contributed by atoms with Gasteiger partial charge in [0.25, 0.3) is 5.89 Å². The third-order valence-electron chi connectivity index (χ3n) is 1.69. The maximum Gasteiger partial charge on any atom is 0.258 e. The molecule has 5 heteroatoms. The number of benzene rings is 1. The van der Waals surface area contributed by atoms with Crippen molar-refractivity contribution in [1.29, 1.82) is 0 Å². The van der Waals surface area contributed by atoms with Crippen molar-refractivity contribution >= 4 is 0 Å². The quantitative estimate of drug-likeness (QED) is 0.702. The van der Waals surface area contributed by atoms with E-state index < -0.39 is 11.6 Å².